The molecule has 0 aromatic carbocycles. The molecule has 0 amide bonds. The van der Waals surface area contributed by atoms with E-state index in [9.17, 15) is 0 Å². The molecule has 4 nitrogen and oxygen atoms in total. The average Bonchev–Trinajstić information content (AvgIpc) is 2.84. The molecule has 1 heterocycles. The number of hydrogen-bond donors (Lipinski definition) is 1. The van der Waals surface area contributed by atoms with E-state index in [4.69, 9.17) is 0 Å². The second kappa shape index (κ2) is 6.25. The predicted octanol–water partition coefficient (Wildman–Crippen LogP) is 2.89. The Kier molecular flexibility index (Phi) is 4.84. The standard InChI is InChI=1S/C16H30N4/c1-6-20-15(18-11-19-20)10-16(3,4)13-8-7-12(2)9-14(13)17-5/h11-14,17H,6-10H2,1-5H3. The van der Waals surface area contributed by atoms with Crippen LogP contribution in [0.4, 0.5) is 0 Å². The third-order valence-electron chi connectivity index (χ3n) is 5.10. The van der Waals surface area contributed by atoms with Gasteiger partial charge in [-0.15, -0.1) is 0 Å². The zero-order valence-electron chi connectivity index (χ0n) is 13.7. The molecular weight excluding hydrogens is 248 g/mol. The molecule has 0 spiro atoms. The first-order chi connectivity index (χ1) is 9.47. The van der Waals surface area contributed by atoms with Gasteiger partial charge in [-0.1, -0.05) is 27.2 Å². The molecule has 0 radical (unpaired) electrons. The Balaban J connectivity index is 2.12. The topological polar surface area (TPSA) is 42.7 Å². The van der Waals surface area contributed by atoms with E-state index in [0.717, 1.165) is 24.7 Å². The number of hydrogen-bond acceptors (Lipinski definition) is 3. The van der Waals surface area contributed by atoms with Crippen molar-refractivity contribution in [1.82, 2.24) is 20.1 Å². The summed E-state index contributed by atoms with van der Waals surface area (Å²) in [6.45, 7) is 10.2. The van der Waals surface area contributed by atoms with E-state index in [2.05, 4.69) is 50.1 Å². The smallest absolute Gasteiger partial charge is 0.138 e. The summed E-state index contributed by atoms with van der Waals surface area (Å²) in [5.74, 6) is 2.69. The molecule has 1 aliphatic rings. The van der Waals surface area contributed by atoms with Gasteiger partial charge >= 0.3 is 0 Å². The molecule has 3 atom stereocenters. The van der Waals surface area contributed by atoms with E-state index >= 15 is 0 Å². The highest BCUT2D eigenvalue weighted by Gasteiger charge is 2.39. The third-order valence-corrected chi connectivity index (χ3v) is 5.10. The van der Waals surface area contributed by atoms with Gasteiger partial charge in [-0.25, -0.2) is 4.98 Å². The van der Waals surface area contributed by atoms with Crippen molar-refractivity contribution in [3.63, 3.8) is 0 Å². The Morgan fingerprint density at radius 2 is 2.15 bits per heavy atom. The Labute approximate surface area is 123 Å². The minimum atomic E-state index is 0.258. The lowest BCUT2D eigenvalue weighted by Crippen LogP contribution is -2.46. The fraction of sp³-hybridized carbons (Fsp3) is 0.875. The van der Waals surface area contributed by atoms with Crippen LogP contribution in [0.5, 0.6) is 0 Å². The van der Waals surface area contributed by atoms with Crippen molar-refractivity contribution in [2.24, 2.45) is 17.3 Å². The van der Waals surface area contributed by atoms with Crippen molar-refractivity contribution in [3.05, 3.63) is 12.2 Å². The molecule has 4 heteroatoms. The lowest BCUT2D eigenvalue weighted by molar-refractivity contribution is 0.0953. The van der Waals surface area contributed by atoms with Crippen LogP contribution in [0.1, 0.15) is 52.8 Å². The van der Waals surface area contributed by atoms with Gasteiger partial charge in [-0.3, -0.25) is 4.68 Å². The van der Waals surface area contributed by atoms with Crippen LogP contribution in [0.25, 0.3) is 0 Å². The van der Waals surface area contributed by atoms with E-state index < -0.39 is 0 Å². The maximum atomic E-state index is 4.46. The minimum absolute atomic E-state index is 0.258. The molecule has 0 bridgehead atoms. The van der Waals surface area contributed by atoms with Crippen LogP contribution in [0.15, 0.2) is 6.33 Å². The van der Waals surface area contributed by atoms with Crippen molar-refractivity contribution < 1.29 is 0 Å². The van der Waals surface area contributed by atoms with Crippen LogP contribution in [0, 0.1) is 17.3 Å². The first kappa shape index (κ1) is 15.5. The van der Waals surface area contributed by atoms with Crippen LogP contribution in [-0.2, 0) is 13.0 Å². The molecule has 1 saturated carbocycles. The van der Waals surface area contributed by atoms with Crippen LogP contribution >= 0.6 is 0 Å². The molecule has 1 N–H and O–H groups in total. The lowest BCUT2D eigenvalue weighted by Gasteiger charge is -2.44. The van der Waals surface area contributed by atoms with E-state index in [1.165, 1.54) is 19.3 Å². The second-order valence-electron chi connectivity index (χ2n) is 7.08. The van der Waals surface area contributed by atoms with Crippen molar-refractivity contribution in [2.45, 2.75) is 66.0 Å². The predicted molar refractivity (Wildman–Crippen MR) is 82.5 cm³/mol. The zero-order valence-corrected chi connectivity index (χ0v) is 13.7. The number of aromatic nitrogens is 3. The van der Waals surface area contributed by atoms with Crippen LogP contribution in [0.3, 0.4) is 0 Å². The summed E-state index contributed by atoms with van der Waals surface area (Å²) < 4.78 is 2.03. The van der Waals surface area contributed by atoms with Crippen molar-refractivity contribution >= 4 is 0 Å². The molecule has 3 unspecified atom stereocenters. The van der Waals surface area contributed by atoms with Gasteiger partial charge in [0.2, 0.25) is 0 Å². The van der Waals surface area contributed by atoms with Crippen molar-refractivity contribution in [2.75, 3.05) is 7.05 Å². The molecule has 1 aromatic rings. The normalized spacial score (nSPS) is 27.8. The van der Waals surface area contributed by atoms with Gasteiger partial charge in [0.15, 0.2) is 0 Å². The summed E-state index contributed by atoms with van der Waals surface area (Å²) in [6.07, 6.45) is 6.67. The SMILES string of the molecule is CCn1ncnc1CC(C)(C)C1CCC(C)CC1NC. The number of rotatable bonds is 5. The summed E-state index contributed by atoms with van der Waals surface area (Å²) in [6, 6.07) is 0.631. The van der Waals surface area contributed by atoms with Gasteiger partial charge < -0.3 is 5.32 Å². The van der Waals surface area contributed by atoms with Crippen molar-refractivity contribution in [3.8, 4) is 0 Å². The van der Waals surface area contributed by atoms with Gasteiger partial charge in [-0.2, -0.15) is 5.10 Å². The Bertz CT molecular complexity index is 424. The maximum absolute atomic E-state index is 4.46. The molecule has 1 aliphatic carbocycles. The van der Waals surface area contributed by atoms with Crippen LogP contribution < -0.4 is 5.32 Å². The lowest BCUT2D eigenvalue weighted by atomic mass is 9.65. The average molecular weight is 278 g/mol. The third kappa shape index (κ3) is 3.22. The second-order valence-corrected chi connectivity index (χ2v) is 7.08. The van der Waals surface area contributed by atoms with Gasteiger partial charge in [-0.05, 0) is 44.1 Å². The fourth-order valence-electron chi connectivity index (χ4n) is 3.86. The van der Waals surface area contributed by atoms with Gasteiger partial charge in [0.1, 0.15) is 12.2 Å². The largest absolute Gasteiger partial charge is 0.317 e. The summed E-state index contributed by atoms with van der Waals surface area (Å²) in [5, 5.41) is 7.86. The zero-order chi connectivity index (χ0) is 14.8. The summed E-state index contributed by atoms with van der Waals surface area (Å²) in [7, 11) is 2.11. The summed E-state index contributed by atoms with van der Waals surface area (Å²) in [4.78, 5) is 4.46. The van der Waals surface area contributed by atoms with E-state index in [1.54, 1.807) is 6.33 Å². The summed E-state index contributed by atoms with van der Waals surface area (Å²) >= 11 is 0. The van der Waals surface area contributed by atoms with Gasteiger partial charge in [0, 0.05) is 19.0 Å². The highest BCUT2D eigenvalue weighted by atomic mass is 15.3. The van der Waals surface area contributed by atoms with Crippen molar-refractivity contribution in [1.29, 1.82) is 0 Å². The molecule has 114 valence electrons. The number of nitrogens with one attached hydrogen (secondary N) is 1. The Hall–Kier alpha value is -0.900. The molecule has 0 saturated heterocycles. The highest BCUT2D eigenvalue weighted by molar-refractivity contribution is 4.98. The number of nitrogens with zero attached hydrogens (tertiary/aromatic N) is 3. The molecule has 0 aliphatic heterocycles. The molecule has 20 heavy (non-hydrogen) atoms. The highest BCUT2D eigenvalue weighted by Crippen LogP contribution is 2.41. The van der Waals surface area contributed by atoms with E-state index in [0.29, 0.717) is 12.0 Å². The minimum Gasteiger partial charge on any atom is -0.317 e. The molecule has 2 rings (SSSR count). The Morgan fingerprint density at radius 3 is 2.80 bits per heavy atom. The van der Waals surface area contributed by atoms with Gasteiger partial charge in [0.25, 0.3) is 0 Å². The van der Waals surface area contributed by atoms with Crippen LogP contribution in [-0.4, -0.2) is 27.9 Å². The first-order valence-electron chi connectivity index (χ1n) is 8.02. The summed E-state index contributed by atoms with van der Waals surface area (Å²) in [5.41, 5.74) is 0.258. The Morgan fingerprint density at radius 1 is 1.40 bits per heavy atom. The van der Waals surface area contributed by atoms with E-state index in [1.807, 2.05) is 4.68 Å². The van der Waals surface area contributed by atoms with E-state index in [-0.39, 0.29) is 5.41 Å². The van der Waals surface area contributed by atoms with Crippen LogP contribution in [0.2, 0.25) is 0 Å². The fourth-order valence-corrected chi connectivity index (χ4v) is 3.86. The molecule has 1 aromatic heterocycles. The van der Waals surface area contributed by atoms with Gasteiger partial charge in [0.05, 0.1) is 0 Å². The monoisotopic (exact) mass is 278 g/mol. The first-order valence-corrected chi connectivity index (χ1v) is 8.02. The maximum Gasteiger partial charge on any atom is 0.138 e. The molecular formula is C16H30N4. The quantitative estimate of drug-likeness (QED) is 0.900. The molecule has 1 fully saturated rings. The number of aryl methyl sites for hydroxylation is 1.